The van der Waals surface area contributed by atoms with E-state index in [0.29, 0.717) is 18.7 Å². The minimum Gasteiger partial charge on any atom is -0.340 e. The summed E-state index contributed by atoms with van der Waals surface area (Å²) in [6, 6.07) is 4.50. The molecule has 1 aliphatic rings. The quantitative estimate of drug-likeness (QED) is 0.885. The molecular weight excluding hydrogens is 345 g/mol. The normalized spacial score (nSPS) is 17.4. The molecule has 1 saturated heterocycles. The number of piperidine rings is 1. The Morgan fingerprint density at radius 1 is 1.48 bits per heavy atom. The van der Waals surface area contributed by atoms with E-state index in [1.54, 1.807) is 6.92 Å². The van der Waals surface area contributed by atoms with E-state index in [1.165, 1.54) is 18.3 Å². The smallest absolute Gasteiger partial charge is 0.278 e. The highest BCUT2D eigenvalue weighted by molar-refractivity contribution is 6.30. The Balaban J connectivity index is 2.28. The number of rotatable bonds is 2. The van der Waals surface area contributed by atoms with Gasteiger partial charge in [0.15, 0.2) is 0 Å². The zero-order valence-electron chi connectivity index (χ0n) is 13.7. The molecule has 1 unspecified atom stereocenters. The van der Waals surface area contributed by atoms with Crippen LogP contribution >= 0.6 is 11.6 Å². The molecule has 1 atom stereocenters. The molecule has 0 saturated carbocycles. The lowest BCUT2D eigenvalue weighted by Gasteiger charge is -2.33. The maximum Gasteiger partial charge on any atom is 0.278 e. The van der Waals surface area contributed by atoms with Crippen LogP contribution in [0.1, 0.15) is 24.0 Å². The van der Waals surface area contributed by atoms with Crippen LogP contribution in [-0.2, 0) is 0 Å². The Morgan fingerprint density at radius 3 is 2.92 bits per heavy atom. The van der Waals surface area contributed by atoms with E-state index < -0.39 is 11.4 Å². The van der Waals surface area contributed by atoms with Gasteiger partial charge in [0.1, 0.15) is 10.8 Å². The molecule has 8 heteroatoms. The number of hydrogen-bond donors (Lipinski definition) is 1. The van der Waals surface area contributed by atoms with Crippen LogP contribution in [0.2, 0.25) is 5.02 Å². The predicted octanol–water partition coefficient (Wildman–Crippen LogP) is 2.13. The lowest BCUT2D eigenvalue weighted by molar-refractivity contribution is 0.495. The van der Waals surface area contributed by atoms with Crippen molar-refractivity contribution in [3.8, 4) is 11.8 Å². The Labute approximate surface area is 149 Å². The molecule has 0 radical (unpaired) electrons. The summed E-state index contributed by atoms with van der Waals surface area (Å²) in [7, 11) is 0. The van der Waals surface area contributed by atoms with Crippen LogP contribution in [0.3, 0.4) is 0 Å². The van der Waals surface area contributed by atoms with Crippen molar-refractivity contribution in [3.05, 3.63) is 50.7 Å². The second-order valence-corrected chi connectivity index (χ2v) is 6.48. The van der Waals surface area contributed by atoms with E-state index in [9.17, 15) is 14.4 Å². The summed E-state index contributed by atoms with van der Waals surface area (Å²) >= 11 is 5.96. The zero-order valence-corrected chi connectivity index (χ0v) is 14.4. The second kappa shape index (κ2) is 6.82. The number of nitrogens with two attached hydrogens (primary N) is 1. The van der Waals surface area contributed by atoms with Crippen molar-refractivity contribution in [3.63, 3.8) is 0 Å². The van der Waals surface area contributed by atoms with Crippen molar-refractivity contribution < 1.29 is 4.39 Å². The lowest BCUT2D eigenvalue weighted by Crippen LogP contribution is -2.45. The topological polar surface area (TPSA) is 87.9 Å². The van der Waals surface area contributed by atoms with Crippen LogP contribution in [0.25, 0.3) is 5.69 Å². The first kappa shape index (κ1) is 17.4. The van der Waals surface area contributed by atoms with Crippen molar-refractivity contribution in [2.24, 2.45) is 5.73 Å². The molecule has 0 amide bonds. The van der Waals surface area contributed by atoms with E-state index in [2.05, 4.69) is 4.98 Å². The standard InChI is InChI=1S/C17H17ClFN5O/c1-10-11(7-20)4-5-14(19)15(10)24-16(25)13(18)8-22-17(24)23-6-2-3-12(21)9-23/h4-5,8,12H,2-3,6,9,21H2,1H3. The molecule has 130 valence electrons. The predicted molar refractivity (Wildman–Crippen MR) is 93.7 cm³/mol. The fraction of sp³-hybridized carbons (Fsp3) is 0.353. The Hall–Kier alpha value is -2.43. The largest absolute Gasteiger partial charge is 0.340 e. The van der Waals surface area contributed by atoms with Crippen LogP contribution in [-0.4, -0.2) is 28.7 Å². The summed E-state index contributed by atoms with van der Waals surface area (Å²) in [5.74, 6) is -0.341. The first-order chi connectivity index (χ1) is 11.9. The van der Waals surface area contributed by atoms with Crippen LogP contribution in [0.4, 0.5) is 10.3 Å². The summed E-state index contributed by atoms with van der Waals surface area (Å²) in [5.41, 5.74) is 6.08. The summed E-state index contributed by atoms with van der Waals surface area (Å²) in [6.07, 6.45) is 2.99. The first-order valence-corrected chi connectivity index (χ1v) is 8.29. The van der Waals surface area contributed by atoms with Crippen molar-refractivity contribution in [1.82, 2.24) is 9.55 Å². The van der Waals surface area contributed by atoms with E-state index >= 15 is 0 Å². The van der Waals surface area contributed by atoms with E-state index in [4.69, 9.17) is 17.3 Å². The maximum atomic E-state index is 14.6. The number of aromatic nitrogens is 2. The minimum absolute atomic E-state index is 0.00630. The average Bonchev–Trinajstić information content (AvgIpc) is 2.59. The van der Waals surface area contributed by atoms with Crippen molar-refractivity contribution in [2.45, 2.75) is 25.8 Å². The molecule has 1 aromatic carbocycles. The van der Waals surface area contributed by atoms with Crippen molar-refractivity contribution in [2.75, 3.05) is 18.0 Å². The third-order valence-electron chi connectivity index (χ3n) is 4.37. The first-order valence-electron chi connectivity index (χ1n) is 7.91. The van der Waals surface area contributed by atoms with E-state index in [1.807, 2.05) is 11.0 Å². The van der Waals surface area contributed by atoms with Gasteiger partial charge in [-0.25, -0.2) is 13.9 Å². The number of hydrogen-bond acceptors (Lipinski definition) is 5. The van der Waals surface area contributed by atoms with Crippen LogP contribution in [0.5, 0.6) is 0 Å². The second-order valence-electron chi connectivity index (χ2n) is 6.08. The van der Waals surface area contributed by atoms with Gasteiger partial charge in [-0.3, -0.25) is 4.79 Å². The molecule has 0 spiro atoms. The number of halogens is 2. The Morgan fingerprint density at radius 2 is 2.24 bits per heavy atom. The molecule has 2 aromatic rings. The number of benzene rings is 1. The van der Waals surface area contributed by atoms with Gasteiger partial charge in [-0.05, 0) is 37.5 Å². The summed E-state index contributed by atoms with van der Waals surface area (Å²) < 4.78 is 15.7. The third kappa shape index (κ3) is 3.11. The van der Waals surface area contributed by atoms with Crippen molar-refractivity contribution >= 4 is 17.5 Å². The van der Waals surface area contributed by atoms with Gasteiger partial charge in [0.25, 0.3) is 5.56 Å². The monoisotopic (exact) mass is 361 g/mol. The minimum atomic E-state index is -0.620. The van der Waals surface area contributed by atoms with Gasteiger partial charge in [-0.2, -0.15) is 5.26 Å². The van der Waals surface area contributed by atoms with Crippen LogP contribution in [0.15, 0.2) is 23.1 Å². The molecule has 0 bridgehead atoms. The molecule has 2 N–H and O–H groups in total. The average molecular weight is 362 g/mol. The molecule has 25 heavy (non-hydrogen) atoms. The molecule has 1 aromatic heterocycles. The fourth-order valence-corrected chi connectivity index (χ4v) is 3.24. The molecule has 2 heterocycles. The van der Waals surface area contributed by atoms with E-state index in [-0.39, 0.29) is 28.3 Å². The lowest BCUT2D eigenvalue weighted by atomic mass is 10.1. The Bertz CT molecular complexity index is 920. The molecule has 1 aliphatic heterocycles. The summed E-state index contributed by atoms with van der Waals surface area (Å²) in [5, 5.41) is 9.11. The third-order valence-corrected chi connectivity index (χ3v) is 4.63. The molecule has 3 rings (SSSR count). The molecular formula is C17H17ClFN5O. The maximum absolute atomic E-state index is 14.6. The van der Waals surface area contributed by atoms with E-state index in [0.717, 1.165) is 17.4 Å². The van der Waals surface area contributed by atoms with Gasteiger partial charge in [0.05, 0.1) is 23.5 Å². The van der Waals surface area contributed by atoms with Gasteiger partial charge in [-0.15, -0.1) is 0 Å². The molecule has 0 aliphatic carbocycles. The zero-order chi connectivity index (χ0) is 18.1. The molecule has 1 fully saturated rings. The van der Waals surface area contributed by atoms with Crippen LogP contribution in [0, 0.1) is 24.1 Å². The highest BCUT2D eigenvalue weighted by Gasteiger charge is 2.25. The fourth-order valence-electron chi connectivity index (χ4n) is 3.10. The van der Waals surface area contributed by atoms with Gasteiger partial charge >= 0.3 is 0 Å². The van der Waals surface area contributed by atoms with Gasteiger partial charge in [0, 0.05) is 19.1 Å². The van der Waals surface area contributed by atoms with Crippen molar-refractivity contribution in [1.29, 1.82) is 5.26 Å². The SMILES string of the molecule is Cc1c(C#N)ccc(F)c1-n1c(N2CCCC(N)C2)ncc(Cl)c1=O. The highest BCUT2D eigenvalue weighted by atomic mass is 35.5. The van der Waals surface area contributed by atoms with Gasteiger partial charge in [-0.1, -0.05) is 11.6 Å². The van der Waals surface area contributed by atoms with Crippen LogP contribution < -0.4 is 16.2 Å². The summed E-state index contributed by atoms with van der Waals surface area (Å²) in [4.78, 5) is 18.8. The number of nitrogens with zero attached hydrogens (tertiary/aromatic N) is 4. The summed E-state index contributed by atoms with van der Waals surface area (Å²) in [6.45, 7) is 2.75. The highest BCUT2D eigenvalue weighted by Crippen LogP contribution is 2.26. The Kier molecular flexibility index (Phi) is 4.75. The molecule has 6 nitrogen and oxygen atoms in total. The van der Waals surface area contributed by atoms with Gasteiger partial charge in [0.2, 0.25) is 5.95 Å². The number of anilines is 1. The number of nitriles is 1. The van der Waals surface area contributed by atoms with Gasteiger partial charge < -0.3 is 10.6 Å².